The van der Waals surface area contributed by atoms with Gasteiger partial charge < -0.3 is 9.84 Å². The van der Waals surface area contributed by atoms with Crippen molar-refractivity contribution < 1.29 is 9.84 Å². The lowest BCUT2D eigenvalue weighted by atomic mass is 10.2. The second kappa shape index (κ2) is 2.28. The SMILES string of the molecule is OC1[CH]CCOC1. The maximum absolute atomic E-state index is 8.73. The fourth-order valence-electron chi connectivity index (χ4n) is 0.616. The van der Waals surface area contributed by atoms with Gasteiger partial charge in [0.25, 0.3) is 0 Å². The van der Waals surface area contributed by atoms with Crippen LogP contribution in [0.25, 0.3) is 0 Å². The Morgan fingerprint density at radius 2 is 2.57 bits per heavy atom. The summed E-state index contributed by atoms with van der Waals surface area (Å²) >= 11 is 0. The van der Waals surface area contributed by atoms with Crippen LogP contribution in [0.5, 0.6) is 0 Å². The van der Waals surface area contributed by atoms with Gasteiger partial charge in [-0.1, -0.05) is 0 Å². The predicted molar refractivity (Wildman–Crippen MR) is 25.7 cm³/mol. The quantitative estimate of drug-likeness (QED) is 0.464. The molecule has 0 aromatic rings. The summed E-state index contributed by atoms with van der Waals surface area (Å²) in [5.74, 6) is 0. The molecular weight excluding hydrogens is 92.1 g/mol. The molecule has 1 aliphatic rings. The molecule has 1 heterocycles. The van der Waals surface area contributed by atoms with Gasteiger partial charge in [-0.2, -0.15) is 0 Å². The standard InChI is InChI=1S/C5H9O2/c6-5-2-1-3-7-4-5/h2,5-6H,1,3-4H2. The molecule has 1 rings (SSSR count). The Morgan fingerprint density at radius 3 is 2.86 bits per heavy atom. The van der Waals surface area contributed by atoms with Crippen LogP contribution in [0.4, 0.5) is 0 Å². The Labute approximate surface area is 43.1 Å². The lowest BCUT2D eigenvalue weighted by molar-refractivity contribution is 0.0245. The predicted octanol–water partition coefficient (Wildman–Crippen LogP) is -0.0281. The third-order valence-electron chi connectivity index (χ3n) is 0.990. The summed E-state index contributed by atoms with van der Waals surface area (Å²) in [5, 5.41) is 8.73. The molecule has 1 radical (unpaired) electrons. The van der Waals surface area contributed by atoms with Crippen LogP contribution in [0.1, 0.15) is 6.42 Å². The molecule has 2 nitrogen and oxygen atoms in total. The molecule has 7 heavy (non-hydrogen) atoms. The Kier molecular flexibility index (Phi) is 1.65. The van der Waals surface area contributed by atoms with Gasteiger partial charge in [-0.25, -0.2) is 0 Å². The highest BCUT2D eigenvalue weighted by Crippen LogP contribution is 2.02. The molecule has 0 spiro atoms. The van der Waals surface area contributed by atoms with Crippen LogP contribution in [0.3, 0.4) is 0 Å². The Bertz CT molecular complexity index is 48.0. The van der Waals surface area contributed by atoms with Gasteiger partial charge in [-0.05, 0) is 12.8 Å². The van der Waals surface area contributed by atoms with E-state index in [1.807, 2.05) is 6.42 Å². The average molecular weight is 101 g/mol. The molecule has 1 saturated heterocycles. The highest BCUT2D eigenvalue weighted by atomic mass is 16.5. The highest BCUT2D eigenvalue weighted by molar-refractivity contribution is 4.77. The zero-order valence-electron chi connectivity index (χ0n) is 4.13. The first-order valence-electron chi connectivity index (χ1n) is 2.49. The number of hydrogen-bond donors (Lipinski definition) is 1. The van der Waals surface area contributed by atoms with Crippen molar-refractivity contribution in [2.75, 3.05) is 13.2 Å². The number of aliphatic hydroxyl groups excluding tert-OH is 1. The molecule has 0 aliphatic carbocycles. The molecule has 1 unspecified atom stereocenters. The van der Waals surface area contributed by atoms with E-state index in [2.05, 4.69) is 0 Å². The van der Waals surface area contributed by atoms with Crippen molar-refractivity contribution in [2.45, 2.75) is 12.5 Å². The summed E-state index contributed by atoms with van der Waals surface area (Å²) < 4.78 is 4.90. The first-order chi connectivity index (χ1) is 3.39. The number of aliphatic hydroxyl groups is 1. The van der Waals surface area contributed by atoms with E-state index in [0.29, 0.717) is 6.61 Å². The third kappa shape index (κ3) is 1.45. The number of hydrogen-bond acceptors (Lipinski definition) is 2. The van der Waals surface area contributed by atoms with Crippen LogP contribution < -0.4 is 0 Å². The van der Waals surface area contributed by atoms with Crippen LogP contribution >= 0.6 is 0 Å². The van der Waals surface area contributed by atoms with Crippen molar-refractivity contribution in [2.24, 2.45) is 0 Å². The minimum absolute atomic E-state index is 0.311. The normalized spacial score (nSPS) is 33.0. The molecule has 0 amide bonds. The van der Waals surface area contributed by atoms with Crippen molar-refractivity contribution >= 4 is 0 Å². The van der Waals surface area contributed by atoms with E-state index in [0.717, 1.165) is 13.0 Å². The van der Waals surface area contributed by atoms with Crippen molar-refractivity contribution in [1.82, 2.24) is 0 Å². The Balaban J connectivity index is 2.12. The van der Waals surface area contributed by atoms with E-state index in [1.54, 1.807) is 0 Å². The maximum Gasteiger partial charge on any atom is 0.0806 e. The first kappa shape index (κ1) is 5.06. The molecule has 1 N–H and O–H groups in total. The van der Waals surface area contributed by atoms with E-state index in [9.17, 15) is 0 Å². The van der Waals surface area contributed by atoms with Crippen LogP contribution in [-0.4, -0.2) is 24.4 Å². The monoisotopic (exact) mass is 101 g/mol. The number of rotatable bonds is 0. The van der Waals surface area contributed by atoms with Gasteiger partial charge in [0.15, 0.2) is 0 Å². The second-order valence-corrected chi connectivity index (χ2v) is 1.67. The van der Waals surface area contributed by atoms with Crippen molar-refractivity contribution in [1.29, 1.82) is 0 Å². The van der Waals surface area contributed by atoms with E-state index in [-0.39, 0.29) is 6.10 Å². The minimum Gasteiger partial charge on any atom is -0.390 e. The fourth-order valence-corrected chi connectivity index (χ4v) is 0.616. The van der Waals surface area contributed by atoms with E-state index >= 15 is 0 Å². The summed E-state index contributed by atoms with van der Waals surface area (Å²) in [6, 6.07) is 0. The van der Waals surface area contributed by atoms with Gasteiger partial charge >= 0.3 is 0 Å². The Morgan fingerprint density at radius 1 is 1.71 bits per heavy atom. The smallest absolute Gasteiger partial charge is 0.0806 e. The second-order valence-electron chi connectivity index (χ2n) is 1.67. The van der Waals surface area contributed by atoms with Crippen molar-refractivity contribution in [3.05, 3.63) is 6.42 Å². The molecule has 1 fully saturated rings. The first-order valence-corrected chi connectivity index (χ1v) is 2.49. The van der Waals surface area contributed by atoms with Gasteiger partial charge in [0.1, 0.15) is 0 Å². The minimum atomic E-state index is -0.311. The summed E-state index contributed by atoms with van der Waals surface area (Å²) in [5.41, 5.74) is 0. The fraction of sp³-hybridized carbons (Fsp3) is 0.800. The van der Waals surface area contributed by atoms with Crippen LogP contribution in [0.15, 0.2) is 0 Å². The van der Waals surface area contributed by atoms with Crippen molar-refractivity contribution in [3.8, 4) is 0 Å². The molecule has 0 saturated carbocycles. The summed E-state index contributed by atoms with van der Waals surface area (Å²) in [6.07, 6.45) is 2.44. The molecule has 2 heteroatoms. The average Bonchev–Trinajstić information content (AvgIpc) is 1.69. The van der Waals surface area contributed by atoms with Gasteiger partial charge in [-0.3, -0.25) is 0 Å². The summed E-state index contributed by atoms with van der Waals surface area (Å²) in [7, 11) is 0. The van der Waals surface area contributed by atoms with Crippen LogP contribution in [-0.2, 0) is 4.74 Å². The lowest BCUT2D eigenvalue weighted by Gasteiger charge is -2.15. The van der Waals surface area contributed by atoms with Gasteiger partial charge in [0.2, 0.25) is 0 Å². The molecule has 0 bridgehead atoms. The summed E-state index contributed by atoms with van der Waals surface area (Å²) in [6.45, 7) is 1.26. The Hall–Kier alpha value is -0.0800. The van der Waals surface area contributed by atoms with E-state index in [4.69, 9.17) is 9.84 Å². The molecule has 0 aromatic carbocycles. The van der Waals surface area contributed by atoms with Gasteiger partial charge in [-0.15, -0.1) is 0 Å². The maximum atomic E-state index is 8.73. The summed E-state index contributed by atoms with van der Waals surface area (Å²) in [4.78, 5) is 0. The van der Waals surface area contributed by atoms with Crippen molar-refractivity contribution in [3.63, 3.8) is 0 Å². The van der Waals surface area contributed by atoms with E-state index < -0.39 is 0 Å². The lowest BCUT2D eigenvalue weighted by Crippen LogP contribution is -2.22. The number of ether oxygens (including phenoxy) is 1. The third-order valence-corrected chi connectivity index (χ3v) is 0.990. The molecular formula is C5H9O2. The zero-order chi connectivity index (χ0) is 5.11. The zero-order valence-corrected chi connectivity index (χ0v) is 4.13. The molecule has 0 aromatic heterocycles. The molecule has 41 valence electrons. The highest BCUT2D eigenvalue weighted by Gasteiger charge is 2.08. The van der Waals surface area contributed by atoms with Gasteiger partial charge in [0.05, 0.1) is 12.7 Å². The van der Waals surface area contributed by atoms with Gasteiger partial charge in [0, 0.05) is 6.61 Å². The van der Waals surface area contributed by atoms with Crippen LogP contribution in [0, 0.1) is 6.42 Å². The van der Waals surface area contributed by atoms with Crippen LogP contribution in [0.2, 0.25) is 0 Å². The topological polar surface area (TPSA) is 29.5 Å². The molecule has 1 atom stereocenters. The largest absolute Gasteiger partial charge is 0.390 e. The van der Waals surface area contributed by atoms with E-state index in [1.165, 1.54) is 0 Å². The molecule has 1 aliphatic heterocycles.